The van der Waals surface area contributed by atoms with Gasteiger partial charge in [0.2, 0.25) is 0 Å². The van der Waals surface area contributed by atoms with Gasteiger partial charge in [-0.3, -0.25) is 4.98 Å². The highest BCUT2D eigenvalue weighted by Gasteiger charge is 2.17. The minimum Gasteiger partial charge on any atom is -0.376 e. The lowest BCUT2D eigenvalue weighted by atomic mass is 10.1. The number of fused-ring (bicyclic) bond motifs is 1. The molecule has 3 rings (SSSR count). The summed E-state index contributed by atoms with van der Waals surface area (Å²) in [5, 5.41) is 0. The van der Waals surface area contributed by atoms with E-state index in [1.54, 1.807) is 6.20 Å². The highest BCUT2D eigenvalue weighted by atomic mass is 16.5. The zero-order valence-corrected chi connectivity index (χ0v) is 10.5. The lowest BCUT2D eigenvalue weighted by molar-refractivity contribution is 0.109. The lowest BCUT2D eigenvalue weighted by Gasteiger charge is -2.19. The van der Waals surface area contributed by atoms with E-state index >= 15 is 0 Å². The van der Waals surface area contributed by atoms with Crippen LogP contribution in [0.5, 0.6) is 0 Å². The van der Waals surface area contributed by atoms with Crippen LogP contribution < -0.4 is 11.3 Å². The second-order valence-electron chi connectivity index (χ2n) is 4.40. The van der Waals surface area contributed by atoms with Gasteiger partial charge in [0.05, 0.1) is 18.9 Å². The number of nitrogens with zero attached hydrogens (tertiary/aromatic N) is 3. The maximum absolute atomic E-state index is 5.53. The van der Waals surface area contributed by atoms with Crippen LogP contribution in [0.15, 0.2) is 24.5 Å². The van der Waals surface area contributed by atoms with Gasteiger partial charge in [-0.05, 0) is 11.6 Å². The molecule has 2 aromatic rings. The second-order valence-corrected chi connectivity index (χ2v) is 4.40. The normalized spacial score (nSPS) is 13.9. The lowest BCUT2D eigenvalue weighted by Crippen LogP contribution is -2.20. The van der Waals surface area contributed by atoms with Crippen LogP contribution in [-0.4, -0.2) is 21.6 Å². The average Bonchev–Trinajstić information content (AvgIpc) is 2.47. The van der Waals surface area contributed by atoms with Crippen molar-refractivity contribution in [2.24, 2.45) is 5.84 Å². The molecule has 0 fully saturated rings. The largest absolute Gasteiger partial charge is 0.376 e. The molecule has 0 atom stereocenters. The standard InChI is InChI=1S/C13H15N5O/c14-18-13-10-8-19-5-3-11(10)16-12(17-13)6-9-2-1-4-15-7-9/h1-2,4,7H,3,5-6,8,14H2,(H,16,17,18). The van der Waals surface area contributed by atoms with Crippen molar-refractivity contribution in [2.45, 2.75) is 19.4 Å². The van der Waals surface area contributed by atoms with E-state index in [0.29, 0.717) is 25.5 Å². The van der Waals surface area contributed by atoms with Gasteiger partial charge in [0.15, 0.2) is 0 Å². The number of nitrogens with one attached hydrogen (secondary N) is 1. The Labute approximate surface area is 111 Å². The molecule has 6 heteroatoms. The van der Waals surface area contributed by atoms with Gasteiger partial charge in [0, 0.05) is 30.8 Å². The summed E-state index contributed by atoms with van der Waals surface area (Å²) in [6.07, 6.45) is 5.02. The zero-order chi connectivity index (χ0) is 13.1. The third-order valence-electron chi connectivity index (χ3n) is 3.09. The molecule has 0 amide bonds. The Morgan fingerprint density at radius 1 is 1.37 bits per heavy atom. The van der Waals surface area contributed by atoms with Crippen molar-refractivity contribution >= 4 is 5.82 Å². The van der Waals surface area contributed by atoms with Crippen molar-refractivity contribution in [1.29, 1.82) is 0 Å². The molecule has 6 nitrogen and oxygen atoms in total. The molecule has 0 saturated heterocycles. The highest BCUT2D eigenvalue weighted by Crippen LogP contribution is 2.22. The van der Waals surface area contributed by atoms with Crippen LogP contribution in [0.1, 0.15) is 22.6 Å². The van der Waals surface area contributed by atoms with Crippen LogP contribution in [0.3, 0.4) is 0 Å². The van der Waals surface area contributed by atoms with Gasteiger partial charge in [-0.25, -0.2) is 15.8 Å². The number of aromatic nitrogens is 3. The zero-order valence-electron chi connectivity index (χ0n) is 10.5. The van der Waals surface area contributed by atoms with Crippen molar-refractivity contribution < 1.29 is 4.74 Å². The summed E-state index contributed by atoms with van der Waals surface area (Å²) in [6, 6.07) is 3.91. The number of hydrazine groups is 1. The number of hydrogen-bond donors (Lipinski definition) is 2. The summed E-state index contributed by atoms with van der Waals surface area (Å²) < 4.78 is 5.41. The molecule has 1 aliphatic rings. The summed E-state index contributed by atoms with van der Waals surface area (Å²) in [5.41, 5.74) is 5.70. The monoisotopic (exact) mass is 257 g/mol. The summed E-state index contributed by atoms with van der Waals surface area (Å²) in [4.78, 5) is 13.1. The van der Waals surface area contributed by atoms with E-state index in [1.807, 2.05) is 18.3 Å². The van der Waals surface area contributed by atoms with Crippen LogP contribution in [-0.2, 0) is 24.2 Å². The molecule has 0 radical (unpaired) electrons. The number of nitrogens with two attached hydrogens (primary N) is 1. The molecule has 0 spiro atoms. The topological polar surface area (TPSA) is 86.0 Å². The van der Waals surface area contributed by atoms with E-state index in [2.05, 4.69) is 20.4 Å². The Morgan fingerprint density at radius 2 is 2.32 bits per heavy atom. The van der Waals surface area contributed by atoms with E-state index in [0.717, 1.165) is 29.1 Å². The smallest absolute Gasteiger partial charge is 0.149 e. The van der Waals surface area contributed by atoms with Crippen molar-refractivity contribution in [2.75, 3.05) is 12.0 Å². The molecule has 0 aliphatic carbocycles. The molecule has 0 unspecified atom stereocenters. The van der Waals surface area contributed by atoms with E-state index in [-0.39, 0.29) is 0 Å². The summed E-state index contributed by atoms with van der Waals surface area (Å²) in [7, 11) is 0. The van der Waals surface area contributed by atoms with E-state index in [4.69, 9.17) is 10.6 Å². The number of pyridine rings is 1. The SMILES string of the molecule is NNc1nc(Cc2cccnc2)nc2c1COCC2. The number of rotatable bonds is 3. The first-order chi connectivity index (χ1) is 9.36. The first-order valence-electron chi connectivity index (χ1n) is 6.19. The van der Waals surface area contributed by atoms with Gasteiger partial charge in [-0.1, -0.05) is 6.07 Å². The first-order valence-corrected chi connectivity index (χ1v) is 6.19. The predicted molar refractivity (Wildman–Crippen MR) is 70.2 cm³/mol. The third kappa shape index (κ3) is 2.54. The van der Waals surface area contributed by atoms with Gasteiger partial charge in [0.25, 0.3) is 0 Å². The van der Waals surface area contributed by atoms with Gasteiger partial charge in [-0.15, -0.1) is 0 Å². The van der Waals surface area contributed by atoms with Crippen LogP contribution in [0.4, 0.5) is 5.82 Å². The van der Waals surface area contributed by atoms with Crippen molar-refractivity contribution in [1.82, 2.24) is 15.0 Å². The number of ether oxygens (including phenoxy) is 1. The van der Waals surface area contributed by atoms with Crippen LogP contribution in [0.2, 0.25) is 0 Å². The summed E-state index contributed by atoms with van der Waals surface area (Å²) in [6.45, 7) is 1.21. The molecular formula is C13H15N5O. The number of anilines is 1. The molecule has 19 heavy (non-hydrogen) atoms. The predicted octanol–water partition coefficient (Wildman–Crippen LogP) is 0.821. The molecule has 0 saturated carbocycles. The maximum atomic E-state index is 5.53. The van der Waals surface area contributed by atoms with Crippen molar-refractivity contribution in [3.8, 4) is 0 Å². The molecule has 0 aromatic carbocycles. The van der Waals surface area contributed by atoms with Crippen LogP contribution in [0, 0.1) is 0 Å². The van der Waals surface area contributed by atoms with E-state index < -0.39 is 0 Å². The quantitative estimate of drug-likeness (QED) is 0.625. The highest BCUT2D eigenvalue weighted by molar-refractivity contribution is 5.46. The molecule has 98 valence electrons. The number of hydrogen-bond acceptors (Lipinski definition) is 6. The van der Waals surface area contributed by atoms with E-state index in [1.165, 1.54) is 0 Å². The van der Waals surface area contributed by atoms with Gasteiger partial charge >= 0.3 is 0 Å². The fourth-order valence-corrected chi connectivity index (χ4v) is 2.17. The minimum atomic E-state index is 0.516. The number of nitrogen functional groups attached to an aromatic ring is 1. The Kier molecular flexibility index (Phi) is 3.35. The van der Waals surface area contributed by atoms with Gasteiger partial charge in [0.1, 0.15) is 11.6 Å². The van der Waals surface area contributed by atoms with Crippen LogP contribution >= 0.6 is 0 Å². The van der Waals surface area contributed by atoms with Gasteiger partial charge in [-0.2, -0.15) is 0 Å². The fourth-order valence-electron chi connectivity index (χ4n) is 2.17. The Bertz CT molecular complexity index is 555. The minimum absolute atomic E-state index is 0.516. The molecule has 3 N–H and O–H groups in total. The molecule has 1 aliphatic heterocycles. The van der Waals surface area contributed by atoms with Crippen molar-refractivity contribution in [3.05, 3.63) is 47.2 Å². The third-order valence-corrected chi connectivity index (χ3v) is 3.09. The van der Waals surface area contributed by atoms with Crippen LogP contribution in [0.25, 0.3) is 0 Å². The Hall–Kier alpha value is -2.05. The molecule has 0 bridgehead atoms. The second kappa shape index (κ2) is 5.29. The molecular weight excluding hydrogens is 242 g/mol. The Balaban J connectivity index is 1.94. The molecule has 2 aromatic heterocycles. The summed E-state index contributed by atoms with van der Waals surface area (Å²) >= 11 is 0. The van der Waals surface area contributed by atoms with Crippen molar-refractivity contribution in [3.63, 3.8) is 0 Å². The maximum Gasteiger partial charge on any atom is 0.149 e. The Morgan fingerprint density at radius 3 is 3.11 bits per heavy atom. The van der Waals surface area contributed by atoms with Gasteiger partial charge < -0.3 is 10.2 Å². The first kappa shape index (κ1) is 12.0. The summed E-state index contributed by atoms with van der Waals surface area (Å²) in [5.74, 6) is 6.94. The average molecular weight is 257 g/mol. The molecule has 3 heterocycles. The fraction of sp³-hybridized carbons (Fsp3) is 0.308. The van der Waals surface area contributed by atoms with E-state index in [9.17, 15) is 0 Å².